The number of fused-ring (bicyclic) bond motifs is 1. The molecule has 2 N–H and O–H groups in total. The molecular formula is C14H15NO3. The smallest absolute Gasteiger partial charge is 0.307 e. The number of hydrogen-bond donors (Lipinski definition) is 2. The maximum Gasteiger partial charge on any atom is 0.307 e. The standard InChI is InChI=1S/C14H15NO3/c16-13(11-7-12(11)14(17)18)15-10-5-4-8-2-1-3-9(8)6-10/h4-6,11-12H,1-3,7H2,(H,15,16)(H,17,18)/t11-,12+/m1/s1. The van der Waals surface area contributed by atoms with Crippen molar-refractivity contribution >= 4 is 17.6 Å². The maximum absolute atomic E-state index is 11.8. The molecule has 2 aliphatic rings. The van der Waals surface area contributed by atoms with Crippen LogP contribution in [0.1, 0.15) is 24.0 Å². The minimum absolute atomic E-state index is 0.166. The summed E-state index contributed by atoms with van der Waals surface area (Å²) in [6.07, 6.45) is 3.83. The predicted molar refractivity (Wildman–Crippen MR) is 66.3 cm³/mol. The molecule has 1 amide bonds. The molecule has 94 valence electrons. The van der Waals surface area contributed by atoms with Gasteiger partial charge >= 0.3 is 5.97 Å². The van der Waals surface area contributed by atoms with Gasteiger partial charge in [-0.3, -0.25) is 9.59 Å². The van der Waals surface area contributed by atoms with Gasteiger partial charge in [0.2, 0.25) is 5.91 Å². The first-order valence-electron chi connectivity index (χ1n) is 6.30. The summed E-state index contributed by atoms with van der Waals surface area (Å²) in [6.45, 7) is 0. The van der Waals surface area contributed by atoms with Crippen LogP contribution in [0.5, 0.6) is 0 Å². The molecule has 0 unspecified atom stereocenters. The van der Waals surface area contributed by atoms with Crippen LogP contribution in [-0.4, -0.2) is 17.0 Å². The molecule has 0 aromatic heterocycles. The Kier molecular flexibility index (Phi) is 2.58. The van der Waals surface area contributed by atoms with Gasteiger partial charge in [0.25, 0.3) is 0 Å². The van der Waals surface area contributed by atoms with Crippen molar-refractivity contribution in [2.75, 3.05) is 5.32 Å². The summed E-state index contributed by atoms with van der Waals surface area (Å²) in [5.41, 5.74) is 3.46. The summed E-state index contributed by atoms with van der Waals surface area (Å²) in [5.74, 6) is -1.88. The second-order valence-electron chi connectivity index (χ2n) is 5.11. The molecule has 3 rings (SSSR count). The Morgan fingerprint density at radius 1 is 1.17 bits per heavy atom. The third-order valence-corrected chi connectivity index (χ3v) is 3.81. The lowest BCUT2D eigenvalue weighted by Crippen LogP contribution is -2.16. The molecule has 0 aliphatic heterocycles. The lowest BCUT2D eigenvalue weighted by molar-refractivity contribution is -0.139. The largest absolute Gasteiger partial charge is 0.481 e. The van der Waals surface area contributed by atoms with Gasteiger partial charge in [-0.05, 0) is 48.9 Å². The van der Waals surface area contributed by atoms with Gasteiger partial charge in [-0.2, -0.15) is 0 Å². The number of nitrogens with one attached hydrogen (secondary N) is 1. The van der Waals surface area contributed by atoms with Gasteiger partial charge in [0.05, 0.1) is 11.8 Å². The van der Waals surface area contributed by atoms with Crippen molar-refractivity contribution < 1.29 is 14.7 Å². The molecule has 4 heteroatoms. The van der Waals surface area contributed by atoms with E-state index in [1.807, 2.05) is 12.1 Å². The molecule has 0 bridgehead atoms. The summed E-state index contributed by atoms with van der Waals surface area (Å²) in [7, 11) is 0. The molecule has 0 radical (unpaired) electrons. The van der Waals surface area contributed by atoms with E-state index in [2.05, 4.69) is 11.4 Å². The quantitative estimate of drug-likeness (QED) is 0.853. The average molecular weight is 245 g/mol. The summed E-state index contributed by atoms with van der Waals surface area (Å²) >= 11 is 0. The zero-order valence-corrected chi connectivity index (χ0v) is 9.98. The van der Waals surface area contributed by atoms with Gasteiger partial charge in [0, 0.05) is 5.69 Å². The number of amides is 1. The van der Waals surface area contributed by atoms with Crippen LogP contribution < -0.4 is 5.32 Å². The van der Waals surface area contributed by atoms with Crippen molar-refractivity contribution in [2.45, 2.75) is 25.7 Å². The highest BCUT2D eigenvalue weighted by Crippen LogP contribution is 2.39. The number of carboxylic acid groups (broad SMARTS) is 1. The number of hydrogen-bond acceptors (Lipinski definition) is 2. The van der Waals surface area contributed by atoms with Crippen LogP contribution in [0, 0.1) is 11.8 Å². The minimum atomic E-state index is -0.871. The summed E-state index contributed by atoms with van der Waals surface area (Å²) in [6, 6.07) is 5.97. The Bertz CT molecular complexity index is 524. The SMILES string of the molecule is O=C(O)[C@H]1C[C@H]1C(=O)Nc1ccc2c(c1)CCC2. The molecule has 0 saturated heterocycles. The van der Waals surface area contributed by atoms with Crippen molar-refractivity contribution in [3.05, 3.63) is 29.3 Å². The second kappa shape index (κ2) is 4.12. The van der Waals surface area contributed by atoms with Crippen molar-refractivity contribution in [3.8, 4) is 0 Å². The topological polar surface area (TPSA) is 66.4 Å². The molecular weight excluding hydrogens is 230 g/mol. The van der Waals surface area contributed by atoms with Gasteiger partial charge in [0.15, 0.2) is 0 Å². The maximum atomic E-state index is 11.8. The highest BCUT2D eigenvalue weighted by molar-refractivity contribution is 5.98. The van der Waals surface area contributed by atoms with Crippen LogP contribution >= 0.6 is 0 Å². The zero-order valence-electron chi connectivity index (χ0n) is 9.98. The van der Waals surface area contributed by atoms with E-state index >= 15 is 0 Å². The van der Waals surface area contributed by atoms with Crippen LogP contribution in [0.4, 0.5) is 5.69 Å². The number of benzene rings is 1. The van der Waals surface area contributed by atoms with Crippen molar-refractivity contribution in [2.24, 2.45) is 11.8 Å². The van der Waals surface area contributed by atoms with Crippen molar-refractivity contribution in [1.29, 1.82) is 0 Å². The molecule has 1 aromatic carbocycles. The Hall–Kier alpha value is -1.84. The van der Waals surface area contributed by atoms with Crippen LogP contribution in [0.15, 0.2) is 18.2 Å². The van der Waals surface area contributed by atoms with Gasteiger partial charge < -0.3 is 10.4 Å². The van der Waals surface area contributed by atoms with E-state index in [1.54, 1.807) is 0 Å². The molecule has 1 aromatic rings. The fourth-order valence-corrected chi connectivity index (χ4v) is 2.64. The minimum Gasteiger partial charge on any atom is -0.481 e. The van der Waals surface area contributed by atoms with Gasteiger partial charge in [-0.1, -0.05) is 6.07 Å². The third-order valence-electron chi connectivity index (χ3n) is 3.81. The monoisotopic (exact) mass is 245 g/mol. The van der Waals surface area contributed by atoms with Crippen LogP contribution in [0.2, 0.25) is 0 Å². The van der Waals surface area contributed by atoms with E-state index < -0.39 is 11.9 Å². The van der Waals surface area contributed by atoms with Crippen LogP contribution in [0.25, 0.3) is 0 Å². The number of aliphatic carboxylic acids is 1. The van der Waals surface area contributed by atoms with Crippen molar-refractivity contribution in [1.82, 2.24) is 0 Å². The van der Waals surface area contributed by atoms with E-state index in [0.717, 1.165) is 18.5 Å². The van der Waals surface area contributed by atoms with E-state index in [9.17, 15) is 9.59 Å². The second-order valence-corrected chi connectivity index (χ2v) is 5.11. The zero-order chi connectivity index (χ0) is 12.7. The van der Waals surface area contributed by atoms with Gasteiger partial charge in [0.1, 0.15) is 0 Å². The Morgan fingerprint density at radius 2 is 1.94 bits per heavy atom. The first-order valence-corrected chi connectivity index (χ1v) is 6.30. The Morgan fingerprint density at radius 3 is 2.67 bits per heavy atom. The lowest BCUT2D eigenvalue weighted by atomic mass is 10.1. The lowest BCUT2D eigenvalue weighted by Gasteiger charge is -2.06. The molecule has 2 atom stereocenters. The number of carbonyl (C=O) groups excluding carboxylic acids is 1. The third kappa shape index (κ3) is 1.98. The fourth-order valence-electron chi connectivity index (χ4n) is 2.64. The summed E-state index contributed by atoms with van der Waals surface area (Å²) in [5, 5.41) is 11.6. The molecule has 0 spiro atoms. The van der Waals surface area contributed by atoms with Crippen LogP contribution in [0.3, 0.4) is 0 Å². The number of rotatable bonds is 3. The highest BCUT2D eigenvalue weighted by Gasteiger charge is 2.48. The molecule has 1 saturated carbocycles. The normalized spacial score (nSPS) is 24.4. The summed E-state index contributed by atoms with van der Waals surface area (Å²) < 4.78 is 0. The van der Waals surface area contributed by atoms with Crippen molar-refractivity contribution in [3.63, 3.8) is 0 Å². The first-order chi connectivity index (χ1) is 8.65. The van der Waals surface area contributed by atoms with E-state index in [4.69, 9.17) is 5.11 Å². The average Bonchev–Trinajstić information content (AvgIpc) is 3.02. The number of carboxylic acids is 1. The predicted octanol–water partition coefficient (Wildman–Crippen LogP) is 1.83. The number of aryl methyl sites for hydroxylation is 2. The fraction of sp³-hybridized carbons (Fsp3) is 0.429. The van der Waals surface area contributed by atoms with Crippen LogP contribution in [-0.2, 0) is 22.4 Å². The Balaban J connectivity index is 1.67. The molecule has 4 nitrogen and oxygen atoms in total. The molecule has 1 fully saturated rings. The molecule has 2 aliphatic carbocycles. The Labute approximate surface area is 105 Å². The van der Waals surface area contributed by atoms with E-state index in [1.165, 1.54) is 17.5 Å². The van der Waals surface area contributed by atoms with E-state index in [0.29, 0.717) is 6.42 Å². The summed E-state index contributed by atoms with van der Waals surface area (Å²) in [4.78, 5) is 22.5. The van der Waals surface area contributed by atoms with Gasteiger partial charge in [-0.15, -0.1) is 0 Å². The highest BCUT2D eigenvalue weighted by atomic mass is 16.4. The molecule has 0 heterocycles. The molecule has 18 heavy (non-hydrogen) atoms. The number of anilines is 1. The van der Waals surface area contributed by atoms with E-state index in [-0.39, 0.29) is 11.8 Å². The number of carbonyl (C=O) groups is 2. The first kappa shape index (κ1) is 11.3. The van der Waals surface area contributed by atoms with Gasteiger partial charge in [-0.25, -0.2) is 0 Å².